The molecule has 1 aliphatic rings. The van der Waals surface area contributed by atoms with Crippen LogP contribution in [0.15, 0.2) is 48.5 Å². The fourth-order valence-electron chi connectivity index (χ4n) is 2.84. The van der Waals surface area contributed by atoms with E-state index in [-0.39, 0.29) is 5.75 Å². The number of fused-ring (bicyclic) bond motifs is 1. The van der Waals surface area contributed by atoms with E-state index >= 15 is 0 Å². The Kier molecular flexibility index (Phi) is 3.93. The summed E-state index contributed by atoms with van der Waals surface area (Å²) in [5, 5.41) is 10.1. The van der Waals surface area contributed by atoms with E-state index in [9.17, 15) is 13.5 Å². The molecule has 0 aromatic heterocycles. The van der Waals surface area contributed by atoms with Crippen LogP contribution in [0.4, 0.5) is 5.69 Å². The number of benzene rings is 2. The van der Waals surface area contributed by atoms with Crippen LogP contribution in [0.3, 0.4) is 0 Å². The molecule has 0 aliphatic carbocycles. The van der Waals surface area contributed by atoms with Crippen LogP contribution in [0.1, 0.15) is 29.2 Å². The van der Waals surface area contributed by atoms with Crippen molar-refractivity contribution in [3.05, 3.63) is 65.2 Å². The first-order valence-electron chi connectivity index (χ1n) is 7.30. The maximum Gasteiger partial charge on any atom is 0.239 e. The summed E-state index contributed by atoms with van der Waals surface area (Å²) in [6, 6.07) is 14.7. The number of aryl methyl sites for hydroxylation is 1. The number of anilines is 1. The smallest absolute Gasteiger partial charge is 0.239 e. The van der Waals surface area contributed by atoms with Gasteiger partial charge in [0, 0.05) is 12.1 Å². The van der Waals surface area contributed by atoms with Gasteiger partial charge in [0.25, 0.3) is 0 Å². The Labute approximate surface area is 131 Å². The zero-order chi connectivity index (χ0) is 15.7. The van der Waals surface area contributed by atoms with Crippen LogP contribution in [0, 0.1) is 6.92 Å². The molecule has 1 aliphatic heterocycles. The van der Waals surface area contributed by atoms with Crippen molar-refractivity contribution in [1.29, 1.82) is 0 Å². The van der Waals surface area contributed by atoms with E-state index in [2.05, 4.69) is 0 Å². The first-order valence-corrected chi connectivity index (χ1v) is 8.91. The molecule has 1 N–H and O–H groups in total. The van der Waals surface area contributed by atoms with Gasteiger partial charge in [-0.15, -0.1) is 0 Å². The quantitative estimate of drug-likeness (QED) is 0.947. The maximum absolute atomic E-state index is 12.8. The van der Waals surface area contributed by atoms with E-state index in [4.69, 9.17) is 0 Å². The van der Waals surface area contributed by atoms with E-state index in [0.29, 0.717) is 24.2 Å². The lowest BCUT2D eigenvalue weighted by Crippen LogP contribution is -2.37. The molecule has 2 aromatic rings. The van der Waals surface area contributed by atoms with Crippen molar-refractivity contribution < 1.29 is 13.5 Å². The lowest BCUT2D eigenvalue weighted by molar-refractivity contribution is 0.166. The highest BCUT2D eigenvalue weighted by Crippen LogP contribution is 2.36. The van der Waals surface area contributed by atoms with Crippen molar-refractivity contribution in [2.45, 2.75) is 25.2 Å². The van der Waals surface area contributed by atoms with Gasteiger partial charge in [-0.1, -0.05) is 48.0 Å². The number of sulfonamides is 1. The fourth-order valence-corrected chi connectivity index (χ4v) is 4.45. The Bertz CT molecular complexity index is 772. The van der Waals surface area contributed by atoms with E-state index in [1.165, 1.54) is 4.31 Å². The first-order chi connectivity index (χ1) is 10.5. The van der Waals surface area contributed by atoms with Gasteiger partial charge < -0.3 is 5.11 Å². The van der Waals surface area contributed by atoms with Crippen LogP contribution < -0.4 is 4.31 Å². The minimum atomic E-state index is -3.46. The van der Waals surface area contributed by atoms with Crippen LogP contribution >= 0.6 is 0 Å². The molecule has 116 valence electrons. The van der Waals surface area contributed by atoms with Crippen molar-refractivity contribution in [2.75, 3.05) is 10.8 Å². The van der Waals surface area contributed by atoms with Gasteiger partial charge in [0.15, 0.2) is 0 Å². The molecule has 1 unspecified atom stereocenters. The fraction of sp³-hybridized carbons (Fsp3) is 0.294. The highest BCUT2D eigenvalue weighted by molar-refractivity contribution is 7.92. The lowest BCUT2D eigenvalue weighted by atomic mass is 9.99. The number of nitrogens with zero attached hydrogens (tertiary/aromatic N) is 1. The second-order valence-corrected chi connectivity index (χ2v) is 7.57. The maximum atomic E-state index is 12.8. The molecule has 0 fully saturated rings. The van der Waals surface area contributed by atoms with Crippen molar-refractivity contribution in [3.63, 3.8) is 0 Å². The normalized spacial score (nSPS) is 18.1. The number of rotatable bonds is 3. The molecule has 1 heterocycles. The van der Waals surface area contributed by atoms with Gasteiger partial charge in [0.05, 0.1) is 17.5 Å². The van der Waals surface area contributed by atoms with Gasteiger partial charge in [-0.2, -0.15) is 0 Å². The minimum Gasteiger partial charge on any atom is -0.388 e. The van der Waals surface area contributed by atoms with E-state index in [0.717, 1.165) is 11.1 Å². The lowest BCUT2D eigenvalue weighted by Gasteiger charge is -2.33. The average Bonchev–Trinajstić information content (AvgIpc) is 2.48. The summed E-state index contributed by atoms with van der Waals surface area (Å²) in [6.45, 7) is 2.25. The summed E-state index contributed by atoms with van der Waals surface area (Å²) in [6.07, 6.45) is -0.178. The number of aliphatic hydroxyl groups is 1. The van der Waals surface area contributed by atoms with Gasteiger partial charge in [0.1, 0.15) is 0 Å². The molecule has 1 atom stereocenters. The molecule has 0 saturated heterocycles. The Morgan fingerprint density at radius 1 is 1.18 bits per heavy atom. The zero-order valence-corrected chi connectivity index (χ0v) is 13.3. The SMILES string of the molecule is Cc1ccc2c(c1)C(O)CCN2S(=O)(=O)Cc1ccccc1. The van der Waals surface area contributed by atoms with Gasteiger partial charge in [-0.3, -0.25) is 4.31 Å². The molecule has 2 aromatic carbocycles. The van der Waals surface area contributed by atoms with Gasteiger partial charge in [0.2, 0.25) is 10.0 Å². The summed E-state index contributed by atoms with van der Waals surface area (Å²) >= 11 is 0. The predicted octanol–water partition coefficient (Wildman–Crippen LogP) is 2.77. The Balaban J connectivity index is 1.97. The number of hydrogen-bond donors (Lipinski definition) is 1. The summed E-state index contributed by atoms with van der Waals surface area (Å²) in [4.78, 5) is 0. The van der Waals surface area contributed by atoms with Crippen molar-refractivity contribution in [2.24, 2.45) is 0 Å². The van der Waals surface area contributed by atoms with E-state index < -0.39 is 16.1 Å². The predicted molar refractivity (Wildman–Crippen MR) is 87.2 cm³/mol. The molecule has 0 radical (unpaired) electrons. The standard InChI is InChI=1S/C17H19NO3S/c1-13-7-8-16-15(11-13)17(19)9-10-18(16)22(20,21)12-14-5-3-2-4-6-14/h2-8,11,17,19H,9-10,12H2,1H3. The van der Waals surface area contributed by atoms with Crippen molar-refractivity contribution >= 4 is 15.7 Å². The van der Waals surface area contributed by atoms with Crippen LogP contribution in [-0.2, 0) is 15.8 Å². The molecule has 22 heavy (non-hydrogen) atoms. The topological polar surface area (TPSA) is 57.6 Å². The first kappa shape index (κ1) is 15.1. The van der Waals surface area contributed by atoms with Crippen molar-refractivity contribution in [1.82, 2.24) is 0 Å². The highest BCUT2D eigenvalue weighted by atomic mass is 32.2. The molecular formula is C17H19NO3S. The summed E-state index contributed by atoms with van der Waals surface area (Å²) in [5.74, 6) is -0.0305. The molecule has 0 amide bonds. The van der Waals surface area contributed by atoms with Crippen LogP contribution in [0.5, 0.6) is 0 Å². The van der Waals surface area contributed by atoms with Gasteiger partial charge >= 0.3 is 0 Å². The summed E-state index contributed by atoms with van der Waals surface area (Å²) < 4.78 is 26.9. The molecule has 0 bridgehead atoms. The summed E-state index contributed by atoms with van der Waals surface area (Å²) in [5.41, 5.74) is 3.07. The largest absolute Gasteiger partial charge is 0.388 e. The molecule has 0 spiro atoms. The van der Waals surface area contributed by atoms with Crippen LogP contribution in [-0.4, -0.2) is 20.1 Å². The third kappa shape index (κ3) is 2.87. The van der Waals surface area contributed by atoms with Crippen molar-refractivity contribution in [3.8, 4) is 0 Å². The van der Waals surface area contributed by atoms with Crippen LogP contribution in [0.2, 0.25) is 0 Å². The molecule has 0 saturated carbocycles. The zero-order valence-electron chi connectivity index (χ0n) is 12.4. The average molecular weight is 317 g/mol. The van der Waals surface area contributed by atoms with E-state index in [1.54, 1.807) is 6.07 Å². The molecule has 4 nitrogen and oxygen atoms in total. The second kappa shape index (κ2) is 5.74. The van der Waals surface area contributed by atoms with Crippen LogP contribution in [0.25, 0.3) is 0 Å². The number of hydrogen-bond acceptors (Lipinski definition) is 3. The third-order valence-electron chi connectivity index (χ3n) is 3.94. The Morgan fingerprint density at radius 3 is 2.64 bits per heavy atom. The molecule has 5 heteroatoms. The minimum absolute atomic E-state index is 0.0305. The second-order valence-electron chi connectivity index (χ2n) is 5.68. The molecule has 3 rings (SSSR count). The monoisotopic (exact) mass is 317 g/mol. The summed E-state index contributed by atoms with van der Waals surface area (Å²) in [7, 11) is -3.46. The van der Waals surface area contributed by atoms with Gasteiger partial charge in [-0.25, -0.2) is 8.42 Å². The number of aliphatic hydroxyl groups excluding tert-OH is 1. The Hall–Kier alpha value is -1.85. The van der Waals surface area contributed by atoms with E-state index in [1.807, 2.05) is 49.4 Å². The third-order valence-corrected chi connectivity index (χ3v) is 5.69. The Morgan fingerprint density at radius 2 is 1.91 bits per heavy atom. The molecular weight excluding hydrogens is 298 g/mol. The highest BCUT2D eigenvalue weighted by Gasteiger charge is 2.31. The van der Waals surface area contributed by atoms with Gasteiger partial charge in [-0.05, 0) is 25.0 Å².